The molecule has 0 aromatic heterocycles. The Morgan fingerprint density at radius 3 is 2.67 bits per heavy atom. The second-order valence-corrected chi connectivity index (χ2v) is 6.28. The summed E-state index contributed by atoms with van der Waals surface area (Å²) in [5.41, 5.74) is 0. The van der Waals surface area contributed by atoms with Gasteiger partial charge in [0, 0.05) is 12.6 Å². The van der Waals surface area contributed by atoms with E-state index in [0.29, 0.717) is 12.0 Å². The first kappa shape index (κ1) is 14.3. The van der Waals surface area contributed by atoms with Crippen LogP contribution in [0.5, 0.6) is 0 Å². The molecule has 2 fully saturated rings. The van der Waals surface area contributed by atoms with E-state index in [1.807, 2.05) is 0 Å². The second kappa shape index (κ2) is 7.46. The van der Waals surface area contributed by atoms with Gasteiger partial charge >= 0.3 is 0 Å². The molecule has 2 aliphatic rings. The summed E-state index contributed by atoms with van der Waals surface area (Å²) in [4.78, 5) is 2.63. The molecule has 0 amide bonds. The number of hydrogen-bond donors (Lipinski definition) is 1. The Kier molecular flexibility index (Phi) is 5.93. The molecule has 0 aromatic rings. The zero-order valence-electron chi connectivity index (χ0n) is 12.2. The number of nitrogens with zero attached hydrogens (tertiary/aromatic N) is 1. The van der Waals surface area contributed by atoms with Crippen molar-refractivity contribution in [2.45, 2.75) is 45.6 Å². The molecule has 2 aliphatic heterocycles. The Balaban J connectivity index is 1.53. The van der Waals surface area contributed by atoms with Crippen molar-refractivity contribution in [2.24, 2.45) is 11.8 Å². The lowest BCUT2D eigenvalue weighted by molar-refractivity contribution is 0.0388. The summed E-state index contributed by atoms with van der Waals surface area (Å²) >= 11 is 0. The van der Waals surface area contributed by atoms with E-state index >= 15 is 0 Å². The third-order valence-corrected chi connectivity index (χ3v) is 4.57. The molecule has 0 aliphatic carbocycles. The van der Waals surface area contributed by atoms with Gasteiger partial charge in [0.2, 0.25) is 0 Å². The monoisotopic (exact) mass is 254 g/mol. The van der Waals surface area contributed by atoms with Crippen LogP contribution in [0.3, 0.4) is 0 Å². The first-order valence-electron chi connectivity index (χ1n) is 7.79. The normalized spacial score (nSPS) is 31.7. The zero-order chi connectivity index (χ0) is 12.8. The number of ether oxygens (including phenoxy) is 1. The maximum Gasteiger partial charge on any atom is 0.0506 e. The second-order valence-electron chi connectivity index (χ2n) is 6.28. The quantitative estimate of drug-likeness (QED) is 0.761. The molecule has 2 saturated heterocycles. The summed E-state index contributed by atoms with van der Waals surface area (Å²) in [5, 5.41) is 3.71. The van der Waals surface area contributed by atoms with Gasteiger partial charge in [-0.25, -0.2) is 0 Å². The van der Waals surface area contributed by atoms with Crippen LogP contribution in [-0.4, -0.2) is 50.3 Å². The van der Waals surface area contributed by atoms with E-state index in [0.717, 1.165) is 19.1 Å². The van der Waals surface area contributed by atoms with Crippen LogP contribution in [0.4, 0.5) is 0 Å². The van der Waals surface area contributed by atoms with E-state index in [4.69, 9.17) is 4.74 Å². The fourth-order valence-corrected chi connectivity index (χ4v) is 3.06. The van der Waals surface area contributed by atoms with Gasteiger partial charge in [-0.3, -0.25) is 0 Å². The Bertz CT molecular complexity index is 227. The van der Waals surface area contributed by atoms with Crippen LogP contribution in [0, 0.1) is 11.8 Å². The van der Waals surface area contributed by atoms with E-state index in [2.05, 4.69) is 24.1 Å². The molecule has 2 atom stereocenters. The number of piperidine rings is 1. The van der Waals surface area contributed by atoms with Crippen LogP contribution in [0.25, 0.3) is 0 Å². The van der Waals surface area contributed by atoms with Crippen LogP contribution in [-0.2, 0) is 4.74 Å². The zero-order valence-corrected chi connectivity index (χ0v) is 12.2. The largest absolute Gasteiger partial charge is 0.381 e. The Labute approximate surface area is 112 Å². The van der Waals surface area contributed by atoms with Gasteiger partial charge in [0.15, 0.2) is 0 Å². The van der Waals surface area contributed by atoms with Gasteiger partial charge in [0.25, 0.3) is 0 Å². The fourth-order valence-electron chi connectivity index (χ4n) is 3.06. The molecule has 106 valence electrons. The molecule has 2 heterocycles. The summed E-state index contributed by atoms with van der Waals surface area (Å²) in [5.74, 6) is 1.62. The Hall–Kier alpha value is -0.120. The highest BCUT2D eigenvalue weighted by Crippen LogP contribution is 2.16. The number of rotatable bonds is 5. The van der Waals surface area contributed by atoms with Gasteiger partial charge in [-0.2, -0.15) is 0 Å². The van der Waals surface area contributed by atoms with Gasteiger partial charge < -0.3 is 15.0 Å². The molecule has 0 saturated carbocycles. The van der Waals surface area contributed by atoms with Crippen molar-refractivity contribution in [1.29, 1.82) is 0 Å². The van der Waals surface area contributed by atoms with Crippen LogP contribution >= 0.6 is 0 Å². The lowest BCUT2D eigenvalue weighted by Gasteiger charge is -2.32. The molecule has 3 heteroatoms. The van der Waals surface area contributed by atoms with Gasteiger partial charge in [-0.15, -0.1) is 0 Å². The Morgan fingerprint density at radius 2 is 1.94 bits per heavy atom. The lowest BCUT2D eigenvalue weighted by Crippen LogP contribution is -2.42. The van der Waals surface area contributed by atoms with E-state index in [9.17, 15) is 0 Å². The van der Waals surface area contributed by atoms with E-state index in [-0.39, 0.29) is 0 Å². The predicted molar refractivity (Wildman–Crippen MR) is 75.8 cm³/mol. The van der Waals surface area contributed by atoms with E-state index < -0.39 is 0 Å². The molecule has 0 bridgehead atoms. The third kappa shape index (κ3) is 4.52. The topological polar surface area (TPSA) is 24.5 Å². The number of hydrogen-bond acceptors (Lipinski definition) is 3. The Morgan fingerprint density at radius 1 is 1.17 bits per heavy atom. The molecule has 2 unspecified atom stereocenters. The van der Waals surface area contributed by atoms with E-state index in [1.54, 1.807) is 0 Å². The highest BCUT2D eigenvalue weighted by Gasteiger charge is 2.21. The summed E-state index contributed by atoms with van der Waals surface area (Å²) in [6.07, 6.45) is 5.26. The summed E-state index contributed by atoms with van der Waals surface area (Å²) < 4.78 is 5.48. The minimum Gasteiger partial charge on any atom is -0.381 e. The summed E-state index contributed by atoms with van der Waals surface area (Å²) in [6.45, 7) is 11.6. The molecule has 2 rings (SSSR count). The van der Waals surface area contributed by atoms with Crippen molar-refractivity contribution in [3.8, 4) is 0 Å². The SMILES string of the molecule is CC1CCN(CCCNC2CCOCC2C)CC1. The highest BCUT2D eigenvalue weighted by molar-refractivity contribution is 4.77. The average molecular weight is 254 g/mol. The van der Waals surface area contributed by atoms with Crippen molar-refractivity contribution in [3.63, 3.8) is 0 Å². The molecule has 18 heavy (non-hydrogen) atoms. The van der Waals surface area contributed by atoms with Crippen molar-refractivity contribution in [3.05, 3.63) is 0 Å². The molecular weight excluding hydrogens is 224 g/mol. The van der Waals surface area contributed by atoms with E-state index in [1.165, 1.54) is 51.9 Å². The van der Waals surface area contributed by atoms with Gasteiger partial charge in [0.05, 0.1) is 6.61 Å². The summed E-state index contributed by atoms with van der Waals surface area (Å²) in [7, 11) is 0. The van der Waals surface area contributed by atoms with Crippen molar-refractivity contribution in [2.75, 3.05) is 39.4 Å². The third-order valence-electron chi connectivity index (χ3n) is 4.57. The number of nitrogens with one attached hydrogen (secondary N) is 1. The highest BCUT2D eigenvalue weighted by atomic mass is 16.5. The predicted octanol–water partition coefficient (Wildman–Crippen LogP) is 2.12. The van der Waals surface area contributed by atoms with Crippen LogP contribution in [0.1, 0.15) is 39.5 Å². The standard InChI is InChI=1S/C15H30N2O/c1-13-4-9-17(10-5-13)8-3-7-16-15-6-11-18-12-14(15)2/h13-16H,3-12H2,1-2H3. The average Bonchev–Trinajstić information content (AvgIpc) is 2.39. The minimum absolute atomic E-state index is 0.676. The van der Waals surface area contributed by atoms with Gasteiger partial charge in [0.1, 0.15) is 0 Å². The molecule has 0 aromatic carbocycles. The molecular formula is C15H30N2O. The van der Waals surface area contributed by atoms with Crippen molar-refractivity contribution in [1.82, 2.24) is 10.2 Å². The summed E-state index contributed by atoms with van der Waals surface area (Å²) in [6, 6.07) is 0.681. The molecule has 3 nitrogen and oxygen atoms in total. The maximum atomic E-state index is 5.48. The first-order chi connectivity index (χ1) is 8.75. The van der Waals surface area contributed by atoms with Crippen molar-refractivity contribution < 1.29 is 4.74 Å². The maximum absolute atomic E-state index is 5.48. The number of likely N-dealkylation sites (tertiary alicyclic amines) is 1. The van der Waals surface area contributed by atoms with Crippen molar-refractivity contribution >= 4 is 0 Å². The first-order valence-corrected chi connectivity index (χ1v) is 7.79. The lowest BCUT2D eigenvalue weighted by atomic mass is 9.97. The molecule has 1 N–H and O–H groups in total. The smallest absolute Gasteiger partial charge is 0.0506 e. The van der Waals surface area contributed by atoms with Crippen LogP contribution < -0.4 is 5.32 Å². The molecule has 0 spiro atoms. The van der Waals surface area contributed by atoms with Gasteiger partial charge in [-0.1, -0.05) is 13.8 Å². The van der Waals surface area contributed by atoms with Crippen LogP contribution in [0.2, 0.25) is 0 Å². The van der Waals surface area contributed by atoms with Gasteiger partial charge in [-0.05, 0) is 63.7 Å². The molecule has 0 radical (unpaired) electrons. The van der Waals surface area contributed by atoms with Crippen LogP contribution in [0.15, 0.2) is 0 Å². The minimum atomic E-state index is 0.676. The fraction of sp³-hybridized carbons (Fsp3) is 1.00.